The first kappa shape index (κ1) is 13.1. The van der Waals surface area contributed by atoms with Crippen LogP contribution in [-0.2, 0) is 16.0 Å². The molecule has 2 aliphatic heterocycles. The summed E-state index contributed by atoms with van der Waals surface area (Å²) in [5, 5.41) is 0. The molecule has 3 unspecified atom stereocenters. The highest BCUT2D eigenvalue weighted by Crippen LogP contribution is 2.41. The molecule has 4 heteroatoms. The number of fused-ring (bicyclic) bond motifs is 1. The van der Waals surface area contributed by atoms with Crippen LogP contribution in [-0.4, -0.2) is 25.7 Å². The fourth-order valence-corrected chi connectivity index (χ4v) is 4.02. The molecular weight excluding hydrogens is 306 g/mol. The fourth-order valence-electron chi connectivity index (χ4n) is 3.04. The Kier molecular flexibility index (Phi) is 3.39. The van der Waals surface area contributed by atoms with Crippen molar-refractivity contribution < 1.29 is 9.53 Å². The largest absolute Gasteiger partial charge is 0.378 e. The molecule has 0 N–H and O–H groups in total. The van der Waals surface area contributed by atoms with E-state index in [0.717, 1.165) is 24.3 Å². The lowest BCUT2D eigenvalue weighted by Gasteiger charge is -2.21. The number of ether oxygens (including phenoxy) is 1. The maximum absolute atomic E-state index is 11.7. The van der Waals surface area contributed by atoms with Crippen molar-refractivity contribution in [3.05, 3.63) is 29.3 Å². The number of nitrogens with zero attached hydrogens (tertiary/aromatic N) is 1. The molecule has 1 amide bonds. The molecule has 1 fully saturated rings. The Morgan fingerprint density at radius 3 is 2.95 bits per heavy atom. The molecule has 0 aliphatic carbocycles. The highest BCUT2D eigenvalue weighted by molar-refractivity contribution is 9.09. The monoisotopic (exact) mass is 323 g/mol. The average molecular weight is 324 g/mol. The summed E-state index contributed by atoms with van der Waals surface area (Å²) in [6, 6.07) is 6.35. The highest BCUT2D eigenvalue weighted by atomic mass is 79.9. The Hall–Kier alpha value is -0.870. The summed E-state index contributed by atoms with van der Waals surface area (Å²) in [5.74, 6) is 0.684. The van der Waals surface area contributed by atoms with E-state index in [1.165, 1.54) is 5.56 Å². The number of benzene rings is 1. The first-order chi connectivity index (χ1) is 9.08. The number of alkyl halides is 1. The van der Waals surface area contributed by atoms with Crippen molar-refractivity contribution in [2.45, 2.75) is 30.7 Å². The Bertz CT molecular complexity index is 517. The Balaban J connectivity index is 1.87. The molecule has 0 radical (unpaired) electrons. The van der Waals surface area contributed by atoms with Crippen LogP contribution in [0, 0.1) is 5.92 Å². The maximum Gasteiger partial charge on any atom is 0.231 e. The second kappa shape index (κ2) is 4.91. The summed E-state index contributed by atoms with van der Waals surface area (Å²) in [6.45, 7) is 2.98. The number of likely N-dealkylation sites (N-methyl/N-ethyl adjacent to an activating group) is 1. The van der Waals surface area contributed by atoms with Crippen LogP contribution in [0.2, 0.25) is 0 Å². The number of hydrogen-bond donors (Lipinski definition) is 0. The van der Waals surface area contributed by atoms with E-state index in [1.807, 2.05) is 7.05 Å². The number of rotatable bonds is 2. The number of carbonyl (C=O) groups is 1. The molecule has 19 heavy (non-hydrogen) atoms. The molecule has 3 nitrogen and oxygen atoms in total. The first-order valence-corrected chi connectivity index (χ1v) is 7.64. The summed E-state index contributed by atoms with van der Waals surface area (Å²) >= 11 is 3.81. The van der Waals surface area contributed by atoms with E-state index >= 15 is 0 Å². The maximum atomic E-state index is 11.7. The van der Waals surface area contributed by atoms with Gasteiger partial charge in [0, 0.05) is 30.1 Å². The number of hydrogen-bond acceptors (Lipinski definition) is 2. The van der Waals surface area contributed by atoms with Gasteiger partial charge in [0.15, 0.2) is 0 Å². The van der Waals surface area contributed by atoms with Gasteiger partial charge in [-0.05, 0) is 30.5 Å². The minimum Gasteiger partial charge on any atom is -0.378 e. The third kappa shape index (κ3) is 2.21. The summed E-state index contributed by atoms with van der Waals surface area (Å²) in [4.78, 5) is 13.8. The third-order valence-corrected chi connectivity index (χ3v) is 5.52. The molecule has 102 valence electrons. The smallest absolute Gasteiger partial charge is 0.231 e. The Morgan fingerprint density at radius 1 is 1.47 bits per heavy atom. The van der Waals surface area contributed by atoms with Crippen molar-refractivity contribution in [1.82, 2.24) is 0 Å². The van der Waals surface area contributed by atoms with Crippen molar-refractivity contribution in [2.24, 2.45) is 5.92 Å². The van der Waals surface area contributed by atoms with Gasteiger partial charge in [-0.25, -0.2) is 0 Å². The van der Waals surface area contributed by atoms with Crippen LogP contribution in [0.5, 0.6) is 0 Å². The molecule has 0 aromatic heterocycles. The van der Waals surface area contributed by atoms with E-state index in [-0.39, 0.29) is 5.91 Å². The van der Waals surface area contributed by atoms with E-state index in [4.69, 9.17) is 4.74 Å². The van der Waals surface area contributed by atoms with E-state index in [1.54, 1.807) is 4.90 Å². The van der Waals surface area contributed by atoms with E-state index in [9.17, 15) is 4.79 Å². The van der Waals surface area contributed by atoms with Gasteiger partial charge < -0.3 is 9.64 Å². The number of amides is 1. The van der Waals surface area contributed by atoms with Gasteiger partial charge in [-0.3, -0.25) is 4.79 Å². The number of carbonyl (C=O) groups excluding carboxylic acids is 1. The lowest BCUT2D eigenvalue weighted by Crippen LogP contribution is -2.20. The zero-order valence-corrected chi connectivity index (χ0v) is 12.8. The lowest BCUT2D eigenvalue weighted by atomic mass is 9.92. The molecule has 1 saturated heterocycles. The number of halogens is 1. The van der Waals surface area contributed by atoms with Crippen LogP contribution in [0.1, 0.15) is 29.3 Å². The minimum absolute atomic E-state index is 0.177. The fraction of sp³-hybridized carbons (Fsp3) is 0.533. The van der Waals surface area contributed by atoms with Gasteiger partial charge in [-0.1, -0.05) is 28.1 Å². The van der Waals surface area contributed by atoms with Crippen LogP contribution in [0.15, 0.2) is 18.2 Å². The molecule has 1 aromatic carbocycles. The second-order valence-corrected chi connectivity index (χ2v) is 6.43. The summed E-state index contributed by atoms with van der Waals surface area (Å²) in [7, 11) is 1.84. The molecule has 2 heterocycles. The minimum atomic E-state index is 0.177. The van der Waals surface area contributed by atoms with E-state index in [2.05, 4.69) is 41.1 Å². The number of anilines is 1. The molecule has 2 aliphatic rings. The van der Waals surface area contributed by atoms with Gasteiger partial charge >= 0.3 is 0 Å². The van der Waals surface area contributed by atoms with Crippen LogP contribution in [0.25, 0.3) is 0 Å². The van der Waals surface area contributed by atoms with Gasteiger partial charge in [-0.15, -0.1) is 0 Å². The second-order valence-electron chi connectivity index (χ2n) is 5.45. The quantitative estimate of drug-likeness (QED) is 0.783. The lowest BCUT2D eigenvalue weighted by molar-refractivity contribution is -0.117. The van der Waals surface area contributed by atoms with Crippen LogP contribution in [0.3, 0.4) is 0 Å². The van der Waals surface area contributed by atoms with Gasteiger partial charge in [0.1, 0.15) is 0 Å². The molecule has 0 saturated carbocycles. The van der Waals surface area contributed by atoms with E-state index in [0.29, 0.717) is 23.3 Å². The van der Waals surface area contributed by atoms with Crippen LogP contribution in [0.4, 0.5) is 5.69 Å². The highest BCUT2D eigenvalue weighted by Gasteiger charge is 2.32. The molecular formula is C15H18BrNO2. The average Bonchev–Trinajstić information content (AvgIpc) is 2.93. The van der Waals surface area contributed by atoms with Crippen molar-refractivity contribution in [1.29, 1.82) is 0 Å². The molecule has 0 bridgehead atoms. The third-order valence-electron chi connectivity index (χ3n) is 4.31. The standard InChI is InChI=1S/C15H18BrNO2/c1-9-12(5-6-19-9)15(16)10-3-4-13-11(7-10)8-14(18)17(13)2/h3-4,7,9,12,15H,5-6,8H2,1-2H3. The van der Waals surface area contributed by atoms with Crippen molar-refractivity contribution in [3.63, 3.8) is 0 Å². The Labute approximate surface area is 122 Å². The zero-order valence-electron chi connectivity index (χ0n) is 11.2. The zero-order chi connectivity index (χ0) is 13.6. The SMILES string of the molecule is CC1OCCC1C(Br)c1ccc2c(c1)CC(=O)N2C. The Morgan fingerprint density at radius 2 is 2.26 bits per heavy atom. The predicted octanol–water partition coefficient (Wildman–Crippen LogP) is 3.07. The first-order valence-electron chi connectivity index (χ1n) is 6.73. The van der Waals surface area contributed by atoms with E-state index < -0.39 is 0 Å². The topological polar surface area (TPSA) is 29.5 Å². The summed E-state index contributed by atoms with van der Waals surface area (Å²) in [5.41, 5.74) is 3.44. The molecule has 3 atom stereocenters. The predicted molar refractivity (Wildman–Crippen MR) is 78.7 cm³/mol. The normalized spacial score (nSPS) is 27.7. The molecule has 1 aromatic rings. The molecule has 3 rings (SSSR count). The van der Waals surface area contributed by atoms with Gasteiger partial charge in [0.25, 0.3) is 0 Å². The van der Waals surface area contributed by atoms with Gasteiger partial charge in [-0.2, -0.15) is 0 Å². The summed E-state index contributed by atoms with van der Waals surface area (Å²) in [6.07, 6.45) is 1.91. The van der Waals surface area contributed by atoms with Crippen LogP contribution < -0.4 is 4.90 Å². The van der Waals surface area contributed by atoms with Crippen molar-refractivity contribution in [2.75, 3.05) is 18.6 Å². The molecule has 0 spiro atoms. The van der Waals surface area contributed by atoms with Gasteiger partial charge in [0.2, 0.25) is 5.91 Å². The summed E-state index contributed by atoms with van der Waals surface area (Å²) < 4.78 is 5.64. The van der Waals surface area contributed by atoms with Crippen LogP contribution >= 0.6 is 15.9 Å². The van der Waals surface area contributed by atoms with Crippen molar-refractivity contribution >= 4 is 27.5 Å². The van der Waals surface area contributed by atoms with Crippen molar-refractivity contribution in [3.8, 4) is 0 Å². The van der Waals surface area contributed by atoms with Gasteiger partial charge in [0.05, 0.1) is 12.5 Å².